The molecule has 3 aromatic rings. The third-order valence-corrected chi connectivity index (χ3v) is 6.47. The van der Waals surface area contributed by atoms with Crippen LogP contribution in [0.4, 0.5) is 0 Å². The van der Waals surface area contributed by atoms with Gasteiger partial charge in [-0.2, -0.15) is 5.10 Å². The molecule has 2 heterocycles. The minimum Gasteiger partial charge on any atom is -0.359 e. The highest BCUT2D eigenvalue weighted by atomic mass is 79.9. The predicted molar refractivity (Wildman–Crippen MR) is 121 cm³/mol. The largest absolute Gasteiger partial charge is 0.359 e. The lowest BCUT2D eigenvalue weighted by Crippen LogP contribution is -2.31. The summed E-state index contributed by atoms with van der Waals surface area (Å²) in [6.07, 6.45) is 5.27. The first-order valence-corrected chi connectivity index (χ1v) is 11.2. The van der Waals surface area contributed by atoms with Gasteiger partial charge in [-0.15, -0.1) is 0 Å². The number of nitrogens with two attached hydrogens (primary N) is 1. The first kappa shape index (κ1) is 21.2. The Bertz CT molecular complexity index is 1090. The Morgan fingerprint density at radius 2 is 2.13 bits per heavy atom. The van der Waals surface area contributed by atoms with Gasteiger partial charge in [0.1, 0.15) is 10.4 Å². The molecule has 4 rings (SSSR count). The van der Waals surface area contributed by atoms with Gasteiger partial charge in [0.05, 0.1) is 11.1 Å². The first-order chi connectivity index (χ1) is 14.3. The van der Waals surface area contributed by atoms with Crippen molar-refractivity contribution in [2.24, 2.45) is 17.6 Å². The molecule has 30 heavy (non-hydrogen) atoms. The lowest BCUT2D eigenvalue weighted by atomic mass is 9.71. The molecule has 9 heteroatoms. The average molecular weight is 492 g/mol. The Morgan fingerprint density at radius 3 is 2.83 bits per heavy atom. The summed E-state index contributed by atoms with van der Waals surface area (Å²) in [4.78, 5) is 20.9. The number of amides is 1. The number of carbonyl (C=O) groups excluding carboxylic acids is 1. The number of nitrogens with zero attached hydrogens (tertiary/aromatic N) is 4. The van der Waals surface area contributed by atoms with Gasteiger partial charge in [0.2, 0.25) is 5.91 Å². The maximum atomic E-state index is 11.5. The van der Waals surface area contributed by atoms with E-state index in [-0.39, 0.29) is 11.9 Å². The summed E-state index contributed by atoms with van der Waals surface area (Å²) in [7, 11) is 1.68. The smallest absolute Gasteiger partial charge is 0.220 e. The third kappa shape index (κ3) is 4.36. The van der Waals surface area contributed by atoms with E-state index in [0.717, 1.165) is 47.4 Å². The lowest BCUT2D eigenvalue weighted by Gasteiger charge is -2.34. The SMILES string of the molecule is CNC(=O)CC1CC(Cc2ncc3c(Br)nn(-c4cc(Cl)cc([C@H](C)N)c4)c3n2)C1. The summed E-state index contributed by atoms with van der Waals surface area (Å²) < 4.78 is 2.46. The molecule has 0 aliphatic heterocycles. The van der Waals surface area contributed by atoms with Crippen molar-refractivity contribution in [1.29, 1.82) is 0 Å². The van der Waals surface area contributed by atoms with Crippen LogP contribution in [0.3, 0.4) is 0 Å². The highest BCUT2D eigenvalue weighted by Crippen LogP contribution is 2.38. The van der Waals surface area contributed by atoms with Crippen molar-refractivity contribution in [3.8, 4) is 5.69 Å². The first-order valence-electron chi connectivity index (χ1n) is 10.0. The molecule has 0 spiro atoms. The molecule has 1 atom stereocenters. The molecule has 1 saturated carbocycles. The van der Waals surface area contributed by atoms with E-state index >= 15 is 0 Å². The number of nitrogens with one attached hydrogen (secondary N) is 1. The van der Waals surface area contributed by atoms with Gasteiger partial charge in [-0.1, -0.05) is 11.6 Å². The average Bonchev–Trinajstić information content (AvgIpc) is 3.01. The summed E-state index contributed by atoms with van der Waals surface area (Å²) in [6.45, 7) is 1.92. The van der Waals surface area contributed by atoms with Crippen LogP contribution in [0.5, 0.6) is 0 Å². The standard InChI is InChI=1S/C21H24BrClN6O/c1-11(24)14-7-15(23)9-16(8-14)29-21-17(20(22)28-29)10-26-18(27-21)5-12-3-13(4-12)6-19(30)25-2/h7-13H,3-6,24H2,1-2H3,(H,25,30)/t11-,12?,13?/m0/s1. The van der Waals surface area contributed by atoms with E-state index in [1.165, 1.54) is 0 Å². The molecule has 1 aliphatic rings. The van der Waals surface area contributed by atoms with Crippen LogP contribution in [0.1, 0.15) is 43.6 Å². The van der Waals surface area contributed by atoms with Gasteiger partial charge in [0, 0.05) is 37.2 Å². The van der Waals surface area contributed by atoms with Crippen LogP contribution in [0.15, 0.2) is 29.0 Å². The zero-order valence-electron chi connectivity index (χ0n) is 16.9. The fourth-order valence-electron chi connectivity index (χ4n) is 3.99. The van der Waals surface area contributed by atoms with Crippen LogP contribution in [-0.2, 0) is 11.2 Å². The molecule has 0 saturated heterocycles. The number of carbonyl (C=O) groups is 1. The van der Waals surface area contributed by atoms with Crippen LogP contribution in [-0.4, -0.2) is 32.7 Å². The van der Waals surface area contributed by atoms with Crippen LogP contribution >= 0.6 is 27.5 Å². The Balaban J connectivity index is 1.59. The minimum absolute atomic E-state index is 0.109. The second kappa shape index (κ2) is 8.61. The number of hydrogen-bond acceptors (Lipinski definition) is 5. The maximum absolute atomic E-state index is 11.5. The van der Waals surface area contributed by atoms with Crippen LogP contribution in [0, 0.1) is 11.8 Å². The van der Waals surface area contributed by atoms with Gasteiger partial charge in [0.25, 0.3) is 0 Å². The third-order valence-electron chi connectivity index (χ3n) is 5.66. The maximum Gasteiger partial charge on any atom is 0.220 e. The van der Waals surface area contributed by atoms with Crippen molar-refractivity contribution in [2.75, 3.05) is 7.05 Å². The van der Waals surface area contributed by atoms with Crippen molar-refractivity contribution in [3.63, 3.8) is 0 Å². The summed E-state index contributed by atoms with van der Waals surface area (Å²) in [5.41, 5.74) is 8.52. The highest BCUT2D eigenvalue weighted by Gasteiger charge is 2.31. The minimum atomic E-state index is -0.140. The van der Waals surface area contributed by atoms with Crippen LogP contribution in [0.2, 0.25) is 5.02 Å². The van der Waals surface area contributed by atoms with E-state index in [0.29, 0.717) is 27.9 Å². The van der Waals surface area contributed by atoms with Crippen molar-refractivity contribution in [1.82, 2.24) is 25.1 Å². The molecular formula is C21H24BrClN6O. The second-order valence-corrected chi connectivity index (χ2v) is 9.23. The predicted octanol–water partition coefficient (Wildman–Crippen LogP) is 3.96. The molecule has 3 N–H and O–H groups in total. The molecule has 0 radical (unpaired) electrons. The number of halogens is 2. The van der Waals surface area contributed by atoms with Crippen LogP contribution < -0.4 is 11.1 Å². The van der Waals surface area contributed by atoms with Crippen molar-refractivity contribution in [3.05, 3.63) is 45.4 Å². The summed E-state index contributed by atoms with van der Waals surface area (Å²) in [5.74, 6) is 1.86. The monoisotopic (exact) mass is 490 g/mol. The second-order valence-electron chi connectivity index (χ2n) is 8.04. The summed E-state index contributed by atoms with van der Waals surface area (Å²) in [5, 5.41) is 8.73. The molecule has 0 unspecified atom stereocenters. The fourth-order valence-corrected chi connectivity index (χ4v) is 4.67. The Kier molecular flexibility index (Phi) is 6.09. The molecule has 1 aliphatic carbocycles. The molecular weight excluding hydrogens is 468 g/mol. The van der Waals surface area contributed by atoms with Gasteiger partial charge < -0.3 is 11.1 Å². The Hall–Kier alpha value is -2.03. The summed E-state index contributed by atoms with van der Waals surface area (Å²) in [6, 6.07) is 5.55. The Labute approximate surface area is 188 Å². The van der Waals surface area contributed by atoms with Gasteiger partial charge in [-0.05, 0) is 71.3 Å². The van der Waals surface area contributed by atoms with E-state index < -0.39 is 0 Å². The number of hydrogen-bond donors (Lipinski definition) is 2. The fraction of sp³-hybridized carbons (Fsp3) is 0.429. The number of aromatic nitrogens is 4. The van der Waals surface area contributed by atoms with Gasteiger partial charge in [-0.3, -0.25) is 4.79 Å². The topological polar surface area (TPSA) is 98.7 Å². The molecule has 1 amide bonds. The molecule has 1 fully saturated rings. The van der Waals surface area contributed by atoms with Crippen LogP contribution in [0.25, 0.3) is 16.7 Å². The normalized spacial score (nSPS) is 19.5. The van der Waals surface area contributed by atoms with Gasteiger partial charge in [-0.25, -0.2) is 14.6 Å². The molecule has 7 nitrogen and oxygen atoms in total. The van der Waals surface area contributed by atoms with Crippen molar-refractivity contribution < 1.29 is 4.79 Å². The zero-order valence-corrected chi connectivity index (χ0v) is 19.2. The number of rotatable bonds is 6. The molecule has 158 valence electrons. The van der Waals surface area contributed by atoms with E-state index in [2.05, 4.69) is 31.3 Å². The quantitative estimate of drug-likeness (QED) is 0.544. The Morgan fingerprint density at radius 1 is 1.37 bits per heavy atom. The number of fused-ring (bicyclic) bond motifs is 1. The van der Waals surface area contributed by atoms with Crippen molar-refractivity contribution >= 4 is 44.5 Å². The van der Waals surface area contributed by atoms with E-state index in [1.54, 1.807) is 11.7 Å². The molecule has 0 bridgehead atoms. The van der Waals surface area contributed by atoms with E-state index in [1.807, 2.05) is 31.3 Å². The lowest BCUT2D eigenvalue weighted by molar-refractivity contribution is -0.122. The zero-order chi connectivity index (χ0) is 21.4. The highest BCUT2D eigenvalue weighted by molar-refractivity contribution is 9.10. The van der Waals surface area contributed by atoms with E-state index in [4.69, 9.17) is 22.3 Å². The molecule has 2 aromatic heterocycles. The summed E-state index contributed by atoms with van der Waals surface area (Å²) >= 11 is 9.83. The number of benzene rings is 1. The van der Waals surface area contributed by atoms with E-state index in [9.17, 15) is 4.79 Å². The van der Waals surface area contributed by atoms with Gasteiger partial charge in [0.15, 0.2) is 5.65 Å². The molecule has 1 aromatic carbocycles. The van der Waals surface area contributed by atoms with Crippen molar-refractivity contribution in [2.45, 2.75) is 38.6 Å². The van der Waals surface area contributed by atoms with Gasteiger partial charge >= 0.3 is 0 Å².